The lowest BCUT2D eigenvalue weighted by Gasteiger charge is -2.11. The summed E-state index contributed by atoms with van der Waals surface area (Å²) in [4.78, 5) is 0.875. The number of hydrogen-bond acceptors (Lipinski definition) is 1. The van der Waals surface area contributed by atoms with Crippen molar-refractivity contribution in [3.8, 4) is 11.1 Å². The fraction of sp³-hybridized carbons (Fsp3) is 0.0588. The molecule has 0 saturated heterocycles. The highest BCUT2D eigenvalue weighted by Crippen LogP contribution is 2.35. The highest BCUT2D eigenvalue weighted by Gasteiger charge is 2.11. The predicted molar refractivity (Wildman–Crippen MR) is 89.4 cm³/mol. The van der Waals surface area contributed by atoms with Crippen molar-refractivity contribution >= 4 is 37.5 Å². The normalized spacial score (nSPS) is 12.5. The molecule has 20 heavy (non-hydrogen) atoms. The van der Waals surface area contributed by atoms with Crippen molar-refractivity contribution in [3.63, 3.8) is 0 Å². The van der Waals surface area contributed by atoms with Gasteiger partial charge in [-0.3, -0.25) is 4.21 Å². The summed E-state index contributed by atoms with van der Waals surface area (Å²) in [7, 11) is -1.00. The van der Waals surface area contributed by atoms with Gasteiger partial charge in [-0.1, -0.05) is 64.5 Å². The van der Waals surface area contributed by atoms with Crippen molar-refractivity contribution < 1.29 is 4.21 Å². The Balaban J connectivity index is 2.37. The average Bonchev–Trinajstić information content (AvgIpc) is 2.48. The molecule has 0 N–H and O–H groups in total. The summed E-state index contributed by atoms with van der Waals surface area (Å²) in [5.74, 6) is 0. The van der Waals surface area contributed by atoms with Crippen LogP contribution in [0, 0.1) is 0 Å². The molecule has 3 aromatic carbocycles. The summed E-state index contributed by atoms with van der Waals surface area (Å²) in [6, 6.07) is 20.3. The molecule has 0 aliphatic carbocycles. The van der Waals surface area contributed by atoms with Gasteiger partial charge in [0.15, 0.2) is 0 Å². The molecule has 0 aliphatic rings. The SMILES string of the molecule is CS(=O)c1ccccc1-c1ccc(Br)c2ccccc12. The number of fused-ring (bicyclic) bond motifs is 1. The highest BCUT2D eigenvalue weighted by atomic mass is 79.9. The summed E-state index contributed by atoms with van der Waals surface area (Å²) in [5.41, 5.74) is 2.16. The van der Waals surface area contributed by atoms with E-state index < -0.39 is 10.8 Å². The third-order valence-electron chi connectivity index (χ3n) is 3.36. The molecule has 3 rings (SSSR count). The van der Waals surface area contributed by atoms with Crippen LogP contribution in [0.3, 0.4) is 0 Å². The zero-order valence-electron chi connectivity index (χ0n) is 11.0. The summed E-state index contributed by atoms with van der Waals surface area (Å²) in [5, 5.41) is 2.33. The van der Waals surface area contributed by atoms with Crippen LogP contribution < -0.4 is 0 Å². The zero-order valence-corrected chi connectivity index (χ0v) is 13.4. The van der Waals surface area contributed by atoms with Crippen LogP contribution in [0.5, 0.6) is 0 Å². The van der Waals surface area contributed by atoms with E-state index in [1.54, 1.807) is 6.26 Å². The molecule has 0 bridgehead atoms. The Morgan fingerprint density at radius 2 is 1.45 bits per heavy atom. The highest BCUT2D eigenvalue weighted by molar-refractivity contribution is 9.10. The van der Waals surface area contributed by atoms with Crippen molar-refractivity contribution in [3.05, 3.63) is 65.1 Å². The van der Waals surface area contributed by atoms with Crippen LogP contribution in [0.25, 0.3) is 21.9 Å². The largest absolute Gasteiger partial charge is 0.255 e. The molecule has 0 saturated carbocycles. The molecule has 0 radical (unpaired) electrons. The average molecular weight is 345 g/mol. The minimum absolute atomic E-state index is 0.875. The van der Waals surface area contributed by atoms with Crippen LogP contribution in [0.15, 0.2) is 70.0 Å². The maximum Gasteiger partial charge on any atom is 0.0504 e. The van der Waals surface area contributed by atoms with Crippen LogP contribution in [0.4, 0.5) is 0 Å². The molecular formula is C17H13BrOS. The second-order valence-electron chi connectivity index (χ2n) is 4.59. The van der Waals surface area contributed by atoms with Crippen LogP contribution in [-0.2, 0) is 10.8 Å². The predicted octanol–water partition coefficient (Wildman–Crippen LogP) is 5.01. The van der Waals surface area contributed by atoms with E-state index in [0.29, 0.717) is 0 Å². The van der Waals surface area contributed by atoms with Gasteiger partial charge in [-0.2, -0.15) is 0 Å². The molecule has 1 nitrogen and oxygen atoms in total. The summed E-state index contributed by atoms with van der Waals surface area (Å²) in [6.45, 7) is 0. The number of hydrogen-bond donors (Lipinski definition) is 0. The summed E-state index contributed by atoms with van der Waals surface area (Å²) in [6.07, 6.45) is 1.72. The second kappa shape index (κ2) is 5.51. The first-order chi connectivity index (χ1) is 9.68. The lowest BCUT2D eigenvalue weighted by Crippen LogP contribution is -1.92. The van der Waals surface area contributed by atoms with Gasteiger partial charge in [-0.05, 0) is 34.0 Å². The first-order valence-corrected chi connectivity index (χ1v) is 8.63. The number of rotatable bonds is 2. The van der Waals surface area contributed by atoms with Gasteiger partial charge in [-0.25, -0.2) is 0 Å². The maximum atomic E-state index is 11.9. The molecular weight excluding hydrogens is 332 g/mol. The first-order valence-electron chi connectivity index (χ1n) is 6.28. The molecule has 3 aromatic rings. The Hall–Kier alpha value is -1.45. The monoisotopic (exact) mass is 344 g/mol. The van der Waals surface area contributed by atoms with Gasteiger partial charge >= 0.3 is 0 Å². The van der Waals surface area contributed by atoms with Gasteiger partial charge in [0.1, 0.15) is 0 Å². The Kier molecular flexibility index (Phi) is 3.72. The minimum atomic E-state index is -1.00. The Labute approximate surface area is 129 Å². The molecule has 3 heteroatoms. The van der Waals surface area contributed by atoms with E-state index >= 15 is 0 Å². The summed E-state index contributed by atoms with van der Waals surface area (Å²) >= 11 is 3.59. The van der Waals surface area contributed by atoms with Gasteiger partial charge in [0.25, 0.3) is 0 Å². The quantitative estimate of drug-likeness (QED) is 0.638. The van der Waals surface area contributed by atoms with E-state index in [-0.39, 0.29) is 0 Å². The van der Waals surface area contributed by atoms with Crippen LogP contribution >= 0.6 is 15.9 Å². The van der Waals surface area contributed by atoms with Gasteiger partial charge in [0, 0.05) is 15.6 Å². The van der Waals surface area contributed by atoms with Crippen molar-refractivity contribution in [1.29, 1.82) is 0 Å². The molecule has 0 fully saturated rings. The number of benzene rings is 3. The topological polar surface area (TPSA) is 17.1 Å². The Morgan fingerprint density at radius 3 is 2.20 bits per heavy atom. The summed E-state index contributed by atoms with van der Waals surface area (Å²) < 4.78 is 13.0. The van der Waals surface area contributed by atoms with Crippen molar-refractivity contribution in [2.45, 2.75) is 4.90 Å². The van der Waals surface area contributed by atoms with E-state index in [0.717, 1.165) is 20.5 Å². The second-order valence-corrected chi connectivity index (χ2v) is 6.79. The van der Waals surface area contributed by atoms with E-state index in [4.69, 9.17) is 0 Å². The van der Waals surface area contributed by atoms with Crippen LogP contribution in [0.2, 0.25) is 0 Å². The third-order valence-corrected chi connectivity index (χ3v) is 5.02. The standard InChI is InChI=1S/C17H13BrOS/c1-20(19)17-9-5-4-8-15(17)13-10-11-16(18)14-7-3-2-6-12(13)14/h2-11H,1H3. The van der Waals surface area contributed by atoms with Gasteiger partial charge in [0.05, 0.1) is 10.8 Å². The molecule has 0 aromatic heterocycles. The third kappa shape index (κ3) is 2.32. The Morgan fingerprint density at radius 1 is 0.800 bits per heavy atom. The van der Waals surface area contributed by atoms with Crippen LogP contribution in [0.1, 0.15) is 0 Å². The minimum Gasteiger partial charge on any atom is -0.255 e. The van der Waals surface area contributed by atoms with Gasteiger partial charge in [-0.15, -0.1) is 0 Å². The lowest BCUT2D eigenvalue weighted by atomic mass is 9.98. The van der Waals surface area contributed by atoms with Gasteiger partial charge < -0.3 is 0 Å². The molecule has 1 atom stereocenters. The van der Waals surface area contributed by atoms with Gasteiger partial charge in [0.2, 0.25) is 0 Å². The van der Waals surface area contributed by atoms with Crippen molar-refractivity contribution in [2.75, 3.05) is 6.26 Å². The molecule has 0 aliphatic heterocycles. The van der Waals surface area contributed by atoms with Crippen LogP contribution in [-0.4, -0.2) is 10.5 Å². The van der Waals surface area contributed by atoms with Crippen molar-refractivity contribution in [1.82, 2.24) is 0 Å². The first kappa shape index (κ1) is 13.5. The van der Waals surface area contributed by atoms with E-state index in [9.17, 15) is 4.21 Å². The fourth-order valence-corrected chi connectivity index (χ4v) is 3.67. The van der Waals surface area contributed by atoms with E-state index in [1.165, 1.54) is 10.8 Å². The molecule has 0 heterocycles. The zero-order chi connectivity index (χ0) is 14.1. The molecule has 0 spiro atoms. The number of halogens is 1. The Bertz CT molecular complexity index is 811. The molecule has 1 unspecified atom stereocenters. The van der Waals surface area contributed by atoms with Crippen molar-refractivity contribution in [2.24, 2.45) is 0 Å². The fourth-order valence-electron chi connectivity index (χ4n) is 2.44. The maximum absolute atomic E-state index is 11.9. The smallest absolute Gasteiger partial charge is 0.0504 e. The van der Waals surface area contributed by atoms with E-state index in [1.807, 2.05) is 42.5 Å². The molecule has 100 valence electrons. The van der Waals surface area contributed by atoms with E-state index in [2.05, 4.69) is 34.1 Å². The molecule has 0 amide bonds. The lowest BCUT2D eigenvalue weighted by molar-refractivity contribution is 0.687.